The molecule has 10 heteroatoms. The molecule has 3 N–H and O–H groups in total. The molecule has 0 saturated carbocycles. The second-order valence-corrected chi connectivity index (χ2v) is 6.43. The van der Waals surface area contributed by atoms with Crippen LogP contribution in [0.25, 0.3) is 11.0 Å². The molecule has 3 aromatic rings. The molecule has 1 aromatic heterocycles. The van der Waals surface area contributed by atoms with Crippen LogP contribution >= 0.6 is 11.6 Å². The van der Waals surface area contributed by atoms with Gasteiger partial charge in [0.1, 0.15) is 0 Å². The van der Waals surface area contributed by atoms with E-state index in [9.17, 15) is 22.8 Å². The third-order valence-electron chi connectivity index (χ3n) is 4.06. The summed E-state index contributed by atoms with van der Waals surface area (Å²) in [4.78, 5) is 26.6. The summed E-state index contributed by atoms with van der Waals surface area (Å²) in [5, 5.41) is 4.43. The van der Waals surface area contributed by atoms with Crippen LogP contribution in [0.3, 0.4) is 0 Å². The lowest BCUT2D eigenvalue weighted by Crippen LogP contribution is -2.30. The quantitative estimate of drug-likeness (QED) is 0.549. The molecule has 6 nitrogen and oxygen atoms in total. The third-order valence-corrected chi connectivity index (χ3v) is 4.38. The Labute approximate surface area is 162 Å². The number of urea groups is 1. The number of imidazole rings is 1. The number of carbonyl (C=O) groups excluding carboxylic acids is 1. The van der Waals surface area contributed by atoms with E-state index in [1.165, 1.54) is 6.07 Å². The number of aryl methyl sites for hydroxylation is 1. The van der Waals surface area contributed by atoms with Crippen molar-refractivity contribution in [1.29, 1.82) is 0 Å². The summed E-state index contributed by atoms with van der Waals surface area (Å²) in [6, 6.07) is 9.71. The van der Waals surface area contributed by atoms with Crippen molar-refractivity contribution in [2.24, 2.45) is 0 Å². The summed E-state index contributed by atoms with van der Waals surface area (Å²) in [5.74, 6) is 0. The van der Waals surface area contributed by atoms with E-state index < -0.39 is 22.8 Å². The van der Waals surface area contributed by atoms with E-state index in [2.05, 4.69) is 15.6 Å². The minimum Gasteiger partial charge on any atom is -0.338 e. The molecule has 148 valence electrons. The van der Waals surface area contributed by atoms with Crippen LogP contribution in [0.2, 0.25) is 5.02 Å². The highest BCUT2D eigenvalue weighted by Gasteiger charge is 2.33. The second-order valence-electron chi connectivity index (χ2n) is 6.03. The average Bonchev–Trinajstić information content (AvgIpc) is 2.95. The first kappa shape index (κ1) is 19.8. The first-order valence-corrected chi connectivity index (χ1v) is 8.72. The molecule has 3 rings (SSSR count). The number of anilines is 1. The van der Waals surface area contributed by atoms with Gasteiger partial charge in [-0.1, -0.05) is 23.7 Å². The molecule has 0 saturated heterocycles. The fourth-order valence-corrected chi connectivity index (χ4v) is 2.99. The van der Waals surface area contributed by atoms with Crippen molar-refractivity contribution < 1.29 is 18.0 Å². The maximum Gasteiger partial charge on any atom is 0.417 e. The van der Waals surface area contributed by atoms with E-state index in [1.807, 2.05) is 18.2 Å². The van der Waals surface area contributed by atoms with Gasteiger partial charge in [0.25, 0.3) is 0 Å². The van der Waals surface area contributed by atoms with Gasteiger partial charge in [-0.25, -0.2) is 9.59 Å². The highest BCUT2D eigenvalue weighted by atomic mass is 35.5. The van der Waals surface area contributed by atoms with Crippen LogP contribution in [-0.2, 0) is 12.7 Å². The van der Waals surface area contributed by atoms with Crippen LogP contribution < -0.4 is 16.3 Å². The van der Waals surface area contributed by atoms with Gasteiger partial charge in [-0.2, -0.15) is 13.2 Å². The third kappa shape index (κ3) is 4.48. The zero-order chi connectivity index (χ0) is 20.3. The van der Waals surface area contributed by atoms with E-state index in [0.29, 0.717) is 13.0 Å². The number of H-pyrrole nitrogens is 1. The Balaban J connectivity index is 1.54. The molecule has 0 bridgehead atoms. The van der Waals surface area contributed by atoms with E-state index >= 15 is 0 Å². The molecule has 2 aromatic carbocycles. The Kier molecular flexibility index (Phi) is 5.64. The number of halogens is 4. The number of nitrogens with zero attached hydrogens (tertiary/aromatic N) is 1. The monoisotopic (exact) mass is 412 g/mol. The Bertz CT molecular complexity index is 1060. The van der Waals surface area contributed by atoms with Crippen molar-refractivity contribution in [3.05, 3.63) is 63.5 Å². The van der Waals surface area contributed by atoms with Crippen molar-refractivity contribution in [2.75, 3.05) is 11.9 Å². The zero-order valence-corrected chi connectivity index (χ0v) is 15.2. The first-order valence-electron chi connectivity index (χ1n) is 8.35. The fourth-order valence-electron chi connectivity index (χ4n) is 2.76. The second kappa shape index (κ2) is 7.97. The number of fused-ring (bicyclic) bond motifs is 1. The number of carbonyl (C=O) groups is 1. The van der Waals surface area contributed by atoms with Gasteiger partial charge in [0, 0.05) is 18.8 Å². The maximum absolute atomic E-state index is 12.8. The van der Waals surface area contributed by atoms with Gasteiger partial charge < -0.3 is 15.6 Å². The van der Waals surface area contributed by atoms with E-state index in [0.717, 1.165) is 23.2 Å². The Morgan fingerprint density at radius 2 is 1.93 bits per heavy atom. The van der Waals surface area contributed by atoms with E-state index in [1.54, 1.807) is 10.6 Å². The molecule has 0 aliphatic heterocycles. The summed E-state index contributed by atoms with van der Waals surface area (Å²) in [5.41, 5.74) is 0.193. The predicted octanol–water partition coefficient (Wildman–Crippen LogP) is 4.21. The van der Waals surface area contributed by atoms with Crippen molar-refractivity contribution in [1.82, 2.24) is 14.9 Å². The molecule has 0 fully saturated rings. The summed E-state index contributed by atoms with van der Waals surface area (Å²) in [6.45, 7) is 0.611. The molecule has 0 atom stereocenters. The highest BCUT2D eigenvalue weighted by Crippen LogP contribution is 2.36. The predicted molar refractivity (Wildman–Crippen MR) is 101 cm³/mol. The Hall–Kier alpha value is -2.94. The van der Waals surface area contributed by atoms with Crippen molar-refractivity contribution in [2.45, 2.75) is 19.1 Å². The van der Waals surface area contributed by atoms with Gasteiger partial charge in [-0.05, 0) is 36.8 Å². The molecule has 0 aliphatic rings. The van der Waals surface area contributed by atoms with Crippen molar-refractivity contribution in [3.63, 3.8) is 0 Å². The van der Waals surface area contributed by atoms with Crippen LogP contribution in [0.15, 0.2) is 47.3 Å². The van der Waals surface area contributed by atoms with Crippen LogP contribution in [-0.4, -0.2) is 22.1 Å². The number of benzene rings is 2. The number of nitrogens with one attached hydrogen (secondary N) is 3. The Morgan fingerprint density at radius 1 is 1.18 bits per heavy atom. The number of aromatic amines is 1. The Morgan fingerprint density at radius 3 is 2.68 bits per heavy atom. The lowest BCUT2D eigenvalue weighted by atomic mass is 10.2. The average molecular weight is 413 g/mol. The minimum absolute atomic E-state index is 0.0259. The van der Waals surface area contributed by atoms with Crippen LogP contribution in [0, 0.1) is 0 Å². The lowest BCUT2D eigenvalue weighted by Gasteiger charge is -2.12. The number of alkyl halides is 3. The summed E-state index contributed by atoms with van der Waals surface area (Å²) in [6.07, 6.45) is -4.15. The standard InChI is InChI=1S/C18H16ClF3N4O2/c19-13-7-6-11(10-12(13)18(20,21)22)24-16(27)23-8-3-9-26-15-5-2-1-4-14(15)25-17(26)28/h1-2,4-7,10H,3,8-9H2,(H,25,28)(H2,23,24,27). The molecule has 0 radical (unpaired) electrons. The summed E-state index contributed by atoms with van der Waals surface area (Å²) in [7, 11) is 0. The molecule has 0 unspecified atom stereocenters. The number of rotatable bonds is 5. The number of para-hydroxylation sites is 2. The van der Waals surface area contributed by atoms with E-state index in [4.69, 9.17) is 11.6 Å². The largest absolute Gasteiger partial charge is 0.417 e. The lowest BCUT2D eigenvalue weighted by molar-refractivity contribution is -0.137. The van der Waals surface area contributed by atoms with Gasteiger partial charge in [-0.15, -0.1) is 0 Å². The first-order chi connectivity index (χ1) is 13.3. The normalized spacial score (nSPS) is 11.6. The molecule has 0 aliphatic carbocycles. The minimum atomic E-state index is -4.61. The SMILES string of the molecule is O=C(NCCCn1c(=O)[nH]c2ccccc21)Nc1ccc(Cl)c(C(F)(F)F)c1. The van der Waals surface area contributed by atoms with Crippen LogP contribution in [0.4, 0.5) is 23.7 Å². The summed E-state index contributed by atoms with van der Waals surface area (Å²) >= 11 is 5.54. The number of hydrogen-bond acceptors (Lipinski definition) is 2. The number of amides is 2. The molecule has 0 spiro atoms. The van der Waals surface area contributed by atoms with Gasteiger partial charge in [0.05, 0.1) is 21.6 Å². The van der Waals surface area contributed by atoms with Gasteiger partial charge in [0.15, 0.2) is 0 Å². The van der Waals surface area contributed by atoms with E-state index in [-0.39, 0.29) is 17.9 Å². The molecule has 28 heavy (non-hydrogen) atoms. The summed E-state index contributed by atoms with van der Waals surface area (Å²) < 4.78 is 40.1. The maximum atomic E-state index is 12.8. The fraction of sp³-hybridized carbons (Fsp3) is 0.222. The smallest absolute Gasteiger partial charge is 0.338 e. The zero-order valence-electron chi connectivity index (χ0n) is 14.4. The topological polar surface area (TPSA) is 78.9 Å². The number of hydrogen-bond donors (Lipinski definition) is 3. The molecule has 2 amide bonds. The number of aromatic nitrogens is 2. The molecular formula is C18H16ClF3N4O2. The van der Waals surface area contributed by atoms with Crippen LogP contribution in [0.1, 0.15) is 12.0 Å². The van der Waals surface area contributed by atoms with Gasteiger partial charge >= 0.3 is 17.9 Å². The van der Waals surface area contributed by atoms with Crippen LogP contribution in [0.5, 0.6) is 0 Å². The highest BCUT2D eigenvalue weighted by molar-refractivity contribution is 6.31. The molecular weight excluding hydrogens is 397 g/mol. The van der Waals surface area contributed by atoms with Crippen molar-refractivity contribution >= 4 is 34.4 Å². The van der Waals surface area contributed by atoms with Crippen molar-refractivity contribution in [3.8, 4) is 0 Å². The van der Waals surface area contributed by atoms with Gasteiger partial charge in [-0.3, -0.25) is 4.57 Å². The van der Waals surface area contributed by atoms with Gasteiger partial charge in [0.2, 0.25) is 0 Å². The molecule has 1 heterocycles.